The summed E-state index contributed by atoms with van der Waals surface area (Å²) in [7, 11) is 0. The van der Waals surface area contributed by atoms with Crippen molar-refractivity contribution < 1.29 is 5.21 Å². The second-order valence-electron chi connectivity index (χ2n) is 7.32. The molecular formula is C19H33N5O. The van der Waals surface area contributed by atoms with Crippen molar-refractivity contribution in [3.63, 3.8) is 0 Å². The van der Waals surface area contributed by atoms with Gasteiger partial charge in [-0.2, -0.15) is 5.10 Å². The number of hydrogen-bond acceptors (Lipinski definition) is 6. The molecule has 0 spiro atoms. The largest absolute Gasteiger partial charge is 0.411 e. The summed E-state index contributed by atoms with van der Waals surface area (Å²) in [6.07, 6.45) is 0.963. The molecule has 0 saturated heterocycles. The molecular weight excluding hydrogens is 314 g/mol. The molecule has 0 saturated carbocycles. The average Bonchev–Trinajstić information content (AvgIpc) is 2.59. The first kappa shape index (κ1) is 21.1. The first-order valence-corrected chi connectivity index (χ1v) is 8.74. The predicted molar refractivity (Wildman–Crippen MR) is 107 cm³/mol. The highest BCUT2D eigenvalue weighted by atomic mass is 16.4. The Hall–Kier alpha value is -1.92. The van der Waals surface area contributed by atoms with Gasteiger partial charge in [-0.1, -0.05) is 23.4 Å². The monoisotopic (exact) mass is 347 g/mol. The summed E-state index contributed by atoms with van der Waals surface area (Å²) in [5.41, 5.74) is 5.24. The van der Waals surface area contributed by atoms with Crippen LogP contribution >= 0.6 is 0 Å². The second-order valence-corrected chi connectivity index (χ2v) is 7.32. The molecule has 0 heterocycles. The minimum absolute atomic E-state index is 0.195. The fraction of sp³-hybridized carbons (Fsp3) is 0.579. The third-order valence-electron chi connectivity index (χ3n) is 4.57. The quantitative estimate of drug-likeness (QED) is 0.226. The average molecular weight is 348 g/mol. The third kappa shape index (κ3) is 7.23. The molecule has 0 atom stereocenters. The van der Waals surface area contributed by atoms with Crippen molar-refractivity contribution in [2.75, 3.05) is 18.5 Å². The number of oxime groups is 1. The molecule has 0 aliphatic rings. The van der Waals surface area contributed by atoms with Crippen molar-refractivity contribution in [3.8, 4) is 0 Å². The maximum atomic E-state index is 8.89. The van der Waals surface area contributed by atoms with E-state index in [2.05, 4.69) is 40.2 Å². The van der Waals surface area contributed by atoms with Crippen LogP contribution in [0.15, 0.2) is 40.6 Å². The van der Waals surface area contributed by atoms with Gasteiger partial charge in [0.05, 0.1) is 28.2 Å². The van der Waals surface area contributed by atoms with Gasteiger partial charge in [0, 0.05) is 0 Å². The van der Waals surface area contributed by atoms with Crippen LogP contribution < -0.4 is 16.1 Å². The Bertz CT molecular complexity index is 579. The lowest BCUT2D eigenvalue weighted by molar-refractivity contribution is 0.310. The van der Waals surface area contributed by atoms with E-state index in [0.29, 0.717) is 5.71 Å². The van der Waals surface area contributed by atoms with E-state index in [1.807, 2.05) is 58.0 Å². The number of benzene rings is 1. The van der Waals surface area contributed by atoms with Gasteiger partial charge in [-0.05, 0) is 73.2 Å². The van der Waals surface area contributed by atoms with E-state index >= 15 is 0 Å². The van der Waals surface area contributed by atoms with Gasteiger partial charge in [0.2, 0.25) is 0 Å². The van der Waals surface area contributed by atoms with Crippen LogP contribution in [-0.2, 0) is 0 Å². The van der Waals surface area contributed by atoms with Crippen LogP contribution in [0.1, 0.15) is 48.0 Å². The first-order chi connectivity index (χ1) is 11.7. The molecule has 0 aromatic heterocycles. The molecule has 0 bridgehead atoms. The maximum absolute atomic E-state index is 8.89. The summed E-state index contributed by atoms with van der Waals surface area (Å²) >= 11 is 0. The van der Waals surface area contributed by atoms with Crippen molar-refractivity contribution in [2.24, 2.45) is 10.3 Å². The van der Waals surface area contributed by atoms with Crippen LogP contribution in [0.3, 0.4) is 0 Å². The molecule has 0 radical (unpaired) electrons. The molecule has 0 amide bonds. The number of rotatable bonds is 10. The van der Waals surface area contributed by atoms with Crippen LogP contribution in [-0.4, -0.2) is 40.8 Å². The molecule has 1 aromatic rings. The topological polar surface area (TPSA) is 81.0 Å². The van der Waals surface area contributed by atoms with E-state index in [-0.39, 0.29) is 11.1 Å². The molecule has 1 aromatic carbocycles. The Labute approximate surface area is 151 Å². The number of nitrogens with one attached hydrogen (secondary N) is 3. The minimum atomic E-state index is -0.304. The third-order valence-corrected chi connectivity index (χ3v) is 4.57. The van der Waals surface area contributed by atoms with E-state index in [1.165, 1.54) is 0 Å². The normalized spacial score (nSPS) is 13.8. The van der Waals surface area contributed by atoms with Crippen molar-refractivity contribution in [2.45, 2.75) is 59.0 Å². The first-order valence-electron chi connectivity index (χ1n) is 8.74. The van der Waals surface area contributed by atoms with Gasteiger partial charge in [-0.15, -0.1) is 0 Å². The maximum Gasteiger partial charge on any atom is 0.0734 e. The summed E-state index contributed by atoms with van der Waals surface area (Å²) in [5.74, 6) is 0. The summed E-state index contributed by atoms with van der Waals surface area (Å²) < 4.78 is 0. The van der Waals surface area contributed by atoms with Gasteiger partial charge in [0.1, 0.15) is 0 Å². The van der Waals surface area contributed by atoms with Crippen LogP contribution in [0, 0.1) is 0 Å². The van der Waals surface area contributed by atoms with Gasteiger partial charge >= 0.3 is 0 Å². The van der Waals surface area contributed by atoms with Gasteiger partial charge in [0.15, 0.2) is 0 Å². The van der Waals surface area contributed by atoms with Gasteiger partial charge in [-0.25, -0.2) is 0 Å². The minimum Gasteiger partial charge on any atom is -0.411 e. The Balaban J connectivity index is 2.39. The molecule has 0 aliphatic carbocycles. The smallest absolute Gasteiger partial charge is 0.0734 e. The molecule has 6 heteroatoms. The highest BCUT2D eigenvalue weighted by Crippen LogP contribution is 2.09. The lowest BCUT2D eigenvalue weighted by atomic mass is 9.99. The van der Waals surface area contributed by atoms with Crippen molar-refractivity contribution in [1.82, 2.24) is 10.6 Å². The van der Waals surface area contributed by atoms with Crippen LogP contribution in [0.25, 0.3) is 0 Å². The second kappa shape index (κ2) is 9.53. The Morgan fingerprint density at radius 1 is 0.920 bits per heavy atom. The standard InChI is InChI=1S/C19H33N5O/c1-15(22-23-17-11-8-7-9-12-17)18(3,4)20-13-10-14-21-19(5,6)16(2)24-25/h7-9,11-12,20-21,23,25H,10,13-14H2,1-6H3. The highest BCUT2D eigenvalue weighted by molar-refractivity contribution is 5.91. The molecule has 0 aliphatic heterocycles. The molecule has 0 unspecified atom stereocenters. The number of para-hydroxylation sites is 1. The number of hydrogen-bond donors (Lipinski definition) is 4. The predicted octanol–water partition coefficient (Wildman–Crippen LogP) is 3.45. The van der Waals surface area contributed by atoms with E-state index in [1.54, 1.807) is 0 Å². The molecule has 0 fully saturated rings. The van der Waals surface area contributed by atoms with E-state index in [4.69, 9.17) is 5.21 Å². The van der Waals surface area contributed by atoms with E-state index in [9.17, 15) is 0 Å². The van der Waals surface area contributed by atoms with Crippen molar-refractivity contribution in [1.29, 1.82) is 0 Å². The lowest BCUT2D eigenvalue weighted by Crippen LogP contribution is -2.49. The molecule has 6 nitrogen and oxygen atoms in total. The van der Waals surface area contributed by atoms with E-state index in [0.717, 1.165) is 30.9 Å². The van der Waals surface area contributed by atoms with Gasteiger partial charge < -0.3 is 15.8 Å². The van der Waals surface area contributed by atoms with E-state index < -0.39 is 0 Å². The highest BCUT2D eigenvalue weighted by Gasteiger charge is 2.22. The Morgan fingerprint density at radius 3 is 1.96 bits per heavy atom. The number of hydrazone groups is 1. The molecule has 4 N–H and O–H groups in total. The SMILES string of the molecule is CC(=NO)C(C)(C)NCCCNC(C)(C)C(C)=NNc1ccccc1. The molecule has 1 rings (SSSR count). The number of nitrogens with zero attached hydrogens (tertiary/aromatic N) is 2. The zero-order valence-electron chi connectivity index (χ0n) is 16.3. The van der Waals surface area contributed by atoms with Crippen LogP contribution in [0.4, 0.5) is 5.69 Å². The fourth-order valence-corrected chi connectivity index (χ4v) is 2.07. The summed E-state index contributed by atoms with van der Waals surface area (Å²) in [6, 6.07) is 9.92. The molecule has 25 heavy (non-hydrogen) atoms. The van der Waals surface area contributed by atoms with Crippen LogP contribution in [0.2, 0.25) is 0 Å². The summed E-state index contributed by atoms with van der Waals surface area (Å²) in [4.78, 5) is 0. The molecule has 140 valence electrons. The van der Waals surface area contributed by atoms with Gasteiger partial charge in [-0.3, -0.25) is 5.43 Å². The fourth-order valence-electron chi connectivity index (χ4n) is 2.07. The van der Waals surface area contributed by atoms with Crippen LogP contribution in [0.5, 0.6) is 0 Å². The number of anilines is 1. The Kier molecular flexibility index (Phi) is 8.06. The zero-order valence-corrected chi connectivity index (χ0v) is 16.3. The Morgan fingerprint density at radius 2 is 1.44 bits per heavy atom. The lowest BCUT2D eigenvalue weighted by Gasteiger charge is -2.28. The summed E-state index contributed by atoms with van der Waals surface area (Å²) in [6.45, 7) is 13.8. The van der Waals surface area contributed by atoms with Crippen molar-refractivity contribution >= 4 is 17.1 Å². The van der Waals surface area contributed by atoms with Crippen molar-refractivity contribution in [3.05, 3.63) is 30.3 Å². The summed E-state index contributed by atoms with van der Waals surface area (Å²) in [5, 5.41) is 23.6. The van der Waals surface area contributed by atoms with Gasteiger partial charge in [0.25, 0.3) is 0 Å². The zero-order chi connectivity index (χ0) is 18.9.